The molecule has 0 bridgehead atoms. The number of hydrogen-bond donors (Lipinski definition) is 2. The van der Waals surface area contributed by atoms with Gasteiger partial charge in [0.25, 0.3) is 0 Å². The molecule has 1 heterocycles. The van der Waals surface area contributed by atoms with Crippen molar-refractivity contribution in [3.05, 3.63) is 0 Å². The lowest BCUT2D eigenvalue weighted by Crippen LogP contribution is -2.57. The molecule has 0 radical (unpaired) electrons. The standard InChI is InChI=1S/C12H23N3O/c1-9-4-2-7-11(8-13)15(9)12(16)14-10-5-3-6-10/h9-11H,2-8,13H2,1H3,(H,14,16). The van der Waals surface area contributed by atoms with Crippen LogP contribution in [0.2, 0.25) is 0 Å². The summed E-state index contributed by atoms with van der Waals surface area (Å²) in [5.74, 6) is 0. The third-order valence-electron chi connectivity index (χ3n) is 3.97. The number of piperidine rings is 1. The van der Waals surface area contributed by atoms with Gasteiger partial charge in [-0.3, -0.25) is 0 Å². The van der Waals surface area contributed by atoms with Crippen LogP contribution in [0.1, 0.15) is 45.4 Å². The van der Waals surface area contributed by atoms with Gasteiger partial charge < -0.3 is 16.0 Å². The SMILES string of the molecule is CC1CCCC(CN)N1C(=O)NC1CCC1. The van der Waals surface area contributed by atoms with Crippen molar-refractivity contribution in [1.82, 2.24) is 10.2 Å². The Bertz CT molecular complexity index is 253. The summed E-state index contributed by atoms with van der Waals surface area (Å²) in [4.78, 5) is 14.1. The summed E-state index contributed by atoms with van der Waals surface area (Å²) in [6, 6.07) is 1.10. The monoisotopic (exact) mass is 225 g/mol. The average Bonchev–Trinajstić information content (AvgIpc) is 2.22. The first-order valence-electron chi connectivity index (χ1n) is 6.51. The Hall–Kier alpha value is -0.770. The van der Waals surface area contributed by atoms with Gasteiger partial charge in [0, 0.05) is 24.7 Å². The van der Waals surface area contributed by atoms with Gasteiger partial charge in [0.1, 0.15) is 0 Å². The van der Waals surface area contributed by atoms with Crippen LogP contribution in [-0.4, -0.2) is 35.6 Å². The topological polar surface area (TPSA) is 58.4 Å². The highest BCUT2D eigenvalue weighted by Crippen LogP contribution is 2.24. The van der Waals surface area contributed by atoms with E-state index in [9.17, 15) is 4.79 Å². The maximum atomic E-state index is 12.1. The van der Waals surface area contributed by atoms with Crippen LogP contribution < -0.4 is 11.1 Å². The van der Waals surface area contributed by atoms with Gasteiger partial charge in [-0.05, 0) is 45.4 Å². The molecule has 16 heavy (non-hydrogen) atoms. The minimum atomic E-state index is 0.104. The van der Waals surface area contributed by atoms with E-state index in [1.165, 1.54) is 12.8 Å². The highest BCUT2D eigenvalue weighted by atomic mass is 16.2. The number of urea groups is 1. The van der Waals surface area contributed by atoms with Gasteiger partial charge in [-0.15, -0.1) is 0 Å². The zero-order chi connectivity index (χ0) is 11.5. The Labute approximate surface area is 97.6 Å². The first-order chi connectivity index (χ1) is 7.72. The van der Waals surface area contributed by atoms with E-state index >= 15 is 0 Å². The quantitative estimate of drug-likeness (QED) is 0.747. The highest BCUT2D eigenvalue weighted by Gasteiger charge is 2.32. The largest absolute Gasteiger partial charge is 0.335 e. The predicted molar refractivity (Wildman–Crippen MR) is 64.2 cm³/mol. The normalized spacial score (nSPS) is 31.0. The van der Waals surface area contributed by atoms with Crippen LogP contribution in [-0.2, 0) is 0 Å². The van der Waals surface area contributed by atoms with Gasteiger partial charge in [-0.25, -0.2) is 4.79 Å². The average molecular weight is 225 g/mol. The number of hydrogen-bond acceptors (Lipinski definition) is 2. The summed E-state index contributed by atoms with van der Waals surface area (Å²) in [6.45, 7) is 2.71. The Balaban J connectivity index is 1.94. The molecular formula is C12H23N3O. The summed E-state index contributed by atoms with van der Waals surface area (Å²) in [5, 5.41) is 3.11. The lowest BCUT2D eigenvalue weighted by Gasteiger charge is -2.41. The van der Waals surface area contributed by atoms with Crippen molar-refractivity contribution in [2.45, 2.75) is 63.6 Å². The molecule has 1 aliphatic carbocycles. The molecule has 1 saturated heterocycles. The van der Waals surface area contributed by atoms with E-state index in [1.807, 2.05) is 4.90 Å². The van der Waals surface area contributed by atoms with Crippen molar-refractivity contribution in [1.29, 1.82) is 0 Å². The molecule has 2 atom stereocenters. The third kappa shape index (κ3) is 2.32. The first-order valence-corrected chi connectivity index (χ1v) is 6.51. The first kappa shape index (κ1) is 11.7. The van der Waals surface area contributed by atoms with Crippen molar-refractivity contribution < 1.29 is 4.79 Å². The lowest BCUT2D eigenvalue weighted by molar-refractivity contribution is 0.112. The molecule has 92 valence electrons. The van der Waals surface area contributed by atoms with E-state index in [0.29, 0.717) is 18.6 Å². The van der Waals surface area contributed by atoms with Crippen LogP contribution in [0.25, 0.3) is 0 Å². The Morgan fingerprint density at radius 1 is 1.31 bits per heavy atom. The van der Waals surface area contributed by atoms with Gasteiger partial charge in [-0.2, -0.15) is 0 Å². The minimum Gasteiger partial charge on any atom is -0.335 e. The summed E-state index contributed by atoms with van der Waals surface area (Å²) < 4.78 is 0. The number of rotatable bonds is 2. The number of likely N-dealkylation sites (tertiary alicyclic amines) is 1. The maximum absolute atomic E-state index is 12.1. The van der Waals surface area contributed by atoms with Gasteiger partial charge >= 0.3 is 6.03 Å². The molecule has 2 amide bonds. The van der Waals surface area contributed by atoms with E-state index in [2.05, 4.69) is 12.2 Å². The third-order valence-corrected chi connectivity index (χ3v) is 3.97. The maximum Gasteiger partial charge on any atom is 0.318 e. The molecule has 2 aliphatic rings. The highest BCUT2D eigenvalue weighted by molar-refractivity contribution is 5.75. The molecule has 0 aromatic heterocycles. The smallest absolute Gasteiger partial charge is 0.318 e. The van der Waals surface area contributed by atoms with Gasteiger partial charge in [0.05, 0.1) is 0 Å². The predicted octanol–water partition coefficient (Wildman–Crippen LogP) is 1.45. The Kier molecular flexibility index (Phi) is 3.69. The van der Waals surface area contributed by atoms with Gasteiger partial charge in [-0.1, -0.05) is 0 Å². The van der Waals surface area contributed by atoms with E-state index in [0.717, 1.165) is 25.7 Å². The molecule has 3 N–H and O–H groups in total. The summed E-state index contributed by atoms with van der Waals surface area (Å²) >= 11 is 0. The molecule has 0 spiro atoms. The second kappa shape index (κ2) is 5.04. The van der Waals surface area contributed by atoms with Gasteiger partial charge in [0.2, 0.25) is 0 Å². The van der Waals surface area contributed by atoms with E-state index in [1.54, 1.807) is 0 Å². The van der Waals surface area contributed by atoms with Crippen LogP contribution in [0, 0.1) is 0 Å². The summed E-state index contributed by atoms with van der Waals surface area (Å²) in [7, 11) is 0. The summed E-state index contributed by atoms with van der Waals surface area (Å²) in [6.07, 6.45) is 6.88. The molecular weight excluding hydrogens is 202 g/mol. The number of nitrogens with zero attached hydrogens (tertiary/aromatic N) is 1. The zero-order valence-corrected chi connectivity index (χ0v) is 10.1. The molecule has 2 rings (SSSR count). The van der Waals surface area contributed by atoms with Crippen LogP contribution in [0.3, 0.4) is 0 Å². The molecule has 1 aliphatic heterocycles. The molecule has 2 unspecified atom stereocenters. The van der Waals surface area contributed by atoms with Gasteiger partial charge in [0.15, 0.2) is 0 Å². The fraction of sp³-hybridized carbons (Fsp3) is 0.917. The van der Waals surface area contributed by atoms with Crippen molar-refractivity contribution in [3.8, 4) is 0 Å². The zero-order valence-electron chi connectivity index (χ0n) is 10.1. The second-order valence-electron chi connectivity index (χ2n) is 5.15. The van der Waals surface area contributed by atoms with Crippen LogP contribution in [0.15, 0.2) is 0 Å². The molecule has 1 saturated carbocycles. The number of nitrogens with one attached hydrogen (secondary N) is 1. The number of nitrogens with two attached hydrogens (primary N) is 1. The lowest BCUT2D eigenvalue weighted by atomic mass is 9.93. The molecule has 4 nitrogen and oxygen atoms in total. The Morgan fingerprint density at radius 2 is 2.00 bits per heavy atom. The second-order valence-corrected chi connectivity index (χ2v) is 5.15. The van der Waals surface area contributed by atoms with Crippen LogP contribution in [0.4, 0.5) is 4.79 Å². The van der Waals surface area contributed by atoms with Crippen molar-refractivity contribution in [2.24, 2.45) is 5.73 Å². The van der Waals surface area contributed by atoms with Crippen molar-refractivity contribution in [3.63, 3.8) is 0 Å². The number of amides is 2. The fourth-order valence-electron chi connectivity index (χ4n) is 2.69. The fourth-order valence-corrected chi connectivity index (χ4v) is 2.69. The molecule has 0 aromatic rings. The molecule has 0 aromatic carbocycles. The number of carbonyl (C=O) groups is 1. The molecule has 4 heteroatoms. The van der Waals surface area contributed by atoms with E-state index in [-0.39, 0.29) is 12.1 Å². The van der Waals surface area contributed by atoms with Crippen LogP contribution >= 0.6 is 0 Å². The minimum absolute atomic E-state index is 0.104. The number of carbonyl (C=O) groups excluding carboxylic acids is 1. The van der Waals surface area contributed by atoms with Crippen LogP contribution in [0.5, 0.6) is 0 Å². The molecule has 2 fully saturated rings. The van der Waals surface area contributed by atoms with Crippen molar-refractivity contribution in [2.75, 3.05) is 6.54 Å². The summed E-state index contributed by atoms with van der Waals surface area (Å²) in [5.41, 5.74) is 5.75. The van der Waals surface area contributed by atoms with E-state index in [4.69, 9.17) is 5.73 Å². The Morgan fingerprint density at radius 3 is 2.56 bits per heavy atom. The van der Waals surface area contributed by atoms with Crippen molar-refractivity contribution >= 4 is 6.03 Å². The van der Waals surface area contributed by atoms with E-state index < -0.39 is 0 Å².